The van der Waals surface area contributed by atoms with Crippen molar-refractivity contribution in [2.45, 2.75) is 38.3 Å². The Morgan fingerprint density at radius 3 is 2.46 bits per heavy atom. The third-order valence-corrected chi connectivity index (χ3v) is 1.94. The summed E-state index contributed by atoms with van der Waals surface area (Å²) in [6, 6.07) is 0. The monoisotopic (exact) mass is 187 g/mol. The molecule has 4 N–H and O–H groups in total. The highest BCUT2D eigenvalue weighted by Crippen LogP contribution is 2.13. The predicted molar refractivity (Wildman–Crippen MR) is 50.3 cm³/mol. The predicted octanol–water partition coefficient (Wildman–Crippen LogP) is 0.506. The van der Waals surface area contributed by atoms with Crippen LogP contribution in [0.25, 0.3) is 0 Å². The van der Waals surface area contributed by atoms with E-state index in [-0.39, 0.29) is 0 Å². The van der Waals surface area contributed by atoms with E-state index >= 15 is 0 Å². The van der Waals surface area contributed by atoms with Crippen LogP contribution in [0.15, 0.2) is 12.2 Å². The SMILES string of the molecule is CCC=C[C@@](N)(C(=O)O)[C@H](O)CC. The first-order valence-corrected chi connectivity index (χ1v) is 4.37. The molecule has 13 heavy (non-hydrogen) atoms. The molecule has 0 aromatic heterocycles. The van der Waals surface area contributed by atoms with E-state index in [9.17, 15) is 9.90 Å². The van der Waals surface area contributed by atoms with E-state index in [2.05, 4.69) is 0 Å². The van der Waals surface area contributed by atoms with E-state index < -0.39 is 17.6 Å². The molecule has 0 aromatic rings. The molecule has 0 rings (SSSR count). The molecule has 0 saturated carbocycles. The van der Waals surface area contributed by atoms with Crippen molar-refractivity contribution < 1.29 is 15.0 Å². The van der Waals surface area contributed by atoms with Crippen LogP contribution in [0.5, 0.6) is 0 Å². The van der Waals surface area contributed by atoms with Gasteiger partial charge in [0.15, 0.2) is 5.54 Å². The number of aliphatic hydroxyl groups excluding tert-OH is 1. The summed E-state index contributed by atoms with van der Waals surface area (Å²) in [5.74, 6) is -1.20. The van der Waals surface area contributed by atoms with Gasteiger partial charge >= 0.3 is 5.97 Å². The van der Waals surface area contributed by atoms with Crippen LogP contribution >= 0.6 is 0 Å². The average molecular weight is 187 g/mol. The standard InChI is InChI=1S/C9H17NO3/c1-3-5-6-9(10,8(12)13)7(11)4-2/h5-7,11H,3-4,10H2,1-2H3,(H,12,13)/t7-,9+/m1/s1. The molecule has 0 spiro atoms. The van der Waals surface area contributed by atoms with Crippen LogP contribution in [0.3, 0.4) is 0 Å². The zero-order valence-corrected chi connectivity index (χ0v) is 8.03. The third-order valence-electron chi connectivity index (χ3n) is 1.94. The Kier molecular flexibility index (Phi) is 4.66. The Balaban J connectivity index is 4.72. The van der Waals surface area contributed by atoms with Crippen LogP contribution < -0.4 is 5.73 Å². The molecule has 0 heterocycles. The number of aliphatic carboxylic acids is 1. The molecule has 0 aliphatic carbocycles. The van der Waals surface area contributed by atoms with Gasteiger partial charge in [-0.3, -0.25) is 0 Å². The zero-order valence-electron chi connectivity index (χ0n) is 8.03. The largest absolute Gasteiger partial charge is 0.480 e. The maximum absolute atomic E-state index is 10.8. The van der Waals surface area contributed by atoms with Crippen molar-refractivity contribution in [1.82, 2.24) is 0 Å². The summed E-state index contributed by atoms with van der Waals surface area (Å²) < 4.78 is 0. The van der Waals surface area contributed by atoms with Gasteiger partial charge in [0.05, 0.1) is 6.10 Å². The number of nitrogens with two attached hydrogens (primary N) is 1. The summed E-state index contributed by atoms with van der Waals surface area (Å²) in [5, 5.41) is 18.2. The Morgan fingerprint density at radius 1 is 1.62 bits per heavy atom. The normalized spacial score (nSPS) is 18.5. The van der Waals surface area contributed by atoms with Crippen molar-refractivity contribution in [2.75, 3.05) is 0 Å². The number of allylic oxidation sites excluding steroid dienone is 1. The molecule has 0 radical (unpaired) electrons. The van der Waals surface area contributed by atoms with Gasteiger partial charge in [0.1, 0.15) is 0 Å². The summed E-state index contributed by atoms with van der Waals surface area (Å²) in [5.41, 5.74) is 3.90. The molecule has 0 bridgehead atoms. The molecule has 0 aliphatic heterocycles. The van der Waals surface area contributed by atoms with Crippen LogP contribution in [-0.4, -0.2) is 27.8 Å². The molecular formula is C9H17NO3. The molecule has 0 fully saturated rings. The lowest BCUT2D eigenvalue weighted by molar-refractivity contribution is -0.145. The van der Waals surface area contributed by atoms with Gasteiger partial charge in [0.2, 0.25) is 0 Å². The van der Waals surface area contributed by atoms with E-state index in [0.717, 1.165) is 0 Å². The van der Waals surface area contributed by atoms with Crippen molar-refractivity contribution in [3.63, 3.8) is 0 Å². The smallest absolute Gasteiger partial charge is 0.330 e. The highest BCUT2D eigenvalue weighted by molar-refractivity contribution is 5.82. The summed E-state index contributed by atoms with van der Waals surface area (Å²) in [7, 11) is 0. The first kappa shape index (κ1) is 12.1. The lowest BCUT2D eigenvalue weighted by Crippen LogP contribution is -2.55. The van der Waals surface area contributed by atoms with Gasteiger partial charge in [-0.1, -0.05) is 26.0 Å². The van der Waals surface area contributed by atoms with E-state index in [1.807, 2.05) is 6.92 Å². The third kappa shape index (κ3) is 2.82. The summed E-state index contributed by atoms with van der Waals surface area (Å²) >= 11 is 0. The van der Waals surface area contributed by atoms with Gasteiger partial charge in [-0.05, 0) is 12.8 Å². The molecule has 4 heteroatoms. The van der Waals surface area contributed by atoms with Gasteiger partial charge in [-0.2, -0.15) is 0 Å². The maximum Gasteiger partial charge on any atom is 0.330 e. The highest BCUT2D eigenvalue weighted by Gasteiger charge is 2.37. The van der Waals surface area contributed by atoms with Crippen LogP contribution in [0.4, 0.5) is 0 Å². The minimum Gasteiger partial charge on any atom is -0.480 e. The van der Waals surface area contributed by atoms with Gasteiger partial charge in [0.25, 0.3) is 0 Å². The number of aliphatic hydroxyl groups is 1. The highest BCUT2D eigenvalue weighted by atomic mass is 16.4. The number of carboxylic acid groups (broad SMARTS) is 1. The number of hydrogen-bond acceptors (Lipinski definition) is 3. The van der Waals surface area contributed by atoms with Crippen LogP contribution in [-0.2, 0) is 4.79 Å². The molecule has 0 saturated heterocycles. The van der Waals surface area contributed by atoms with Crippen molar-refractivity contribution in [3.8, 4) is 0 Å². The van der Waals surface area contributed by atoms with Crippen molar-refractivity contribution >= 4 is 5.97 Å². The van der Waals surface area contributed by atoms with Gasteiger partial charge in [-0.15, -0.1) is 0 Å². The van der Waals surface area contributed by atoms with Crippen molar-refractivity contribution in [3.05, 3.63) is 12.2 Å². The van der Waals surface area contributed by atoms with Gasteiger partial charge in [0, 0.05) is 0 Å². The minimum atomic E-state index is -1.65. The second kappa shape index (κ2) is 4.99. The molecule has 4 nitrogen and oxygen atoms in total. The summed E-state index contributed by atoms with van der Waals surface area (Å²) in [6.45, 7) is 3.56. The van der Waals surface area contributed by atoms with Crippen LogP contribution in [0, 0.1) is 0 Å². The topological polar surface area (TPSA) is 83.6 Å². The van der Waals surface area contributed by atoms with Gasteiger partial charge in [-0.25, -0.2) is 4.79 Å². The van der Waals surface area contributed by atoms with Crippen molar-refractivity contribution in [2.24, 2.45) is 5.73 Å². The maximum atomic E-state index is 10.8. The zero-order chi connectivity index (χ0) is 10.5. The summed E-state index contributed by atoms with van der Waals surface area (Å²) in [6.07, 6.45) is 2.96. The second-order valence-electron chi connectivity index (χ2n) is 2.97. The first-order chi connectivity index (χ1) is 5.99. The molecule has 0 aliphatic rings. The fraction of sp³-hybridized carbons (Fsp3) is 0.667. The fourth-order valence-corrected chi connectivity index (χ4v) is 0.976. The number of hydrogen-bond donors (Lipinski definition) is 3. The Hall–Kier alpha value is -0.870. The number of carboxylic acids is 1. The van der Waals surface area contributed by atoms with Gasteiger partial charge < -0.3 is 15.9 Å². The molecule has 0 aromatic carbocycles. The van der Waals surface area contributed by atoms with E-state index in [1.54, 1.807) is 13.0 Å². The van der Waals surface area contributed by atoms with Crippen molar-refractivity contribution in [1.29, 1.82) is 0 Å². The van der Waals surface area contributed by atoms with Crippen LogP contribution in [0.1, 0.15) is 26.7 Å². The molecule has 0 unspecified atom stereocenters. The molecule has 76 valence electrons. The lowest BCUT2D eigenvalue weighted by atomic mass is 9.91. The molecule has 0 amide bonds. The second-order valence-corrected chi connectivity index (χ2v) is 2.97. The quantitative estimate of drug-likeness (QED) is 0.547. The first-order valence-electron chi connectivity index (χ1n) is 4.37. The average Bonchev–Trinajstić information content (AvgIpc) is 2.12. The van der Waals surface area contributed by atoms with E-state index in [4.69, 9.17) is 10.8 Å². The number of rotatable bonds is 5. The molecule has 2 atom stereocenters. The minimum absolute atomic E-state index is 0.316. The van der Waals surface area contributed by atoms with E-state index in [0.29, 0.717) is 12.8 Å². The molecular weight excluding hydrogens is 170 g/mol. The Morgan fingerprint density at radius 2 is 2.15 bits per heavy atom. The number of carbonyl (C=O) groups is 1. The Labute approximate surface area is 78.1 Å². The lowest BCUT2D eigenvalue weighted by Gasteiger charge is -2.25. The fourth-order valence-electron chi connectivity index (χ4n) is 0.976. The van der Waals surface area contributed by atoms with E-state index in [1.165, 1.54) is 6.08 Å². The van der Waals surface area contributed by atoms with Crippen LogP contribution in [0.2, 0.25) is 0 Å². The summed E-state index contributed by atoms with van der Waals surface area (Å²) in [4.78, 5) is 10.8. The Bertz CT molecular complexity index is 203.